The Morgan fingerprint density at radius 2 is 1.93 bits per heavy atom. The van der Waals surface area contributed by atoms with Gasteiger partial charge in [-0.15, -0.1) is 0 Å². The summed E-state index contributed by atoms with van der Waals surface area (Å²) in [6.07, 6.45) is 1.67. The lowest BCUT2D eigenvalue weighted by molar-refractivity contribution is 0.564. The first-order valence-electron chi connectivity index (χ1n) is 9.32. The summed E-state index contributed by atoms with van der Waals surface area (Å²) in [6.45, 7) is 3.84. The second kappa shape index (κ2) is 7.85. The monoisotopic (exact) mass is 422 g/mol. The third-order valence-electron chi connectivity index (χ3n) is 5.12. The Kier molecular flexibility index (Phi) is 5.23. The lowest BCUT2D eigenvalue weighted by atomic mass is 10.2. The predicted octanol–water partition coefficient (Wildman–Crippen LogP) is 4.07. The van der Waals surface area contributed by atoms with Crippen LogP contribution in [-0.4, -0.2) is 35.6 Å². The molecule has 0 aliphatic rings. The van der Waals surface area contributed by atoms with E-state index in [1.807, 2.05) is 54.9 Å². The van der Waals surface area contributed by atoms with Gasteiger partial charge in [-0.1, -0.05) is 6.07 Å². The fourth-order valence-electron chi connectivity index (χ4n) is 3.25. The molecule has 0 fully saturated rings. The maximum Gasteiger partial charge on any atom is 0.229 e. The summed E-state index contributed by atoms with van der Waals surface area (Å²) in [7, 11) is 3.87. The van der Waals surface area contributed by atoms with Crippen LogP contribution in [0.25, 0.3) is 10.9 Å². The van der Waals surface area contributed by atoms with Crippen LogP contribution in [0.3, 0.4) is 0 Å². The first kappa shape index (κ1) is 20.0. The largest absolute Gasteiger partial charge is 0.329 e. The highest BCUT2D eigenvalue weighted by atomic mass is 32.2. The average Bonchev–Trinajstić information content (AvgIpc) is 3.02. The van der Waals surface area contributed by atoms with Crippen LogP contribution in [0.4, 0.5) is 23.1 Å². The van der Waals surface area contributed by atoms with Crippen molar-refractivity contribution in [3.63, 3.8) is 0 Å². The lowest BCUT2D eigenvalue weighted by Crippen LogP contribution is -2.12. The third kappa shape index (κ3) is 3.77. The molecule has 0 spiro atoms. The van der Waals surface area contributed by atoms with Crippen molar-refractivity contribution in [1.82, 2.24) is 19.7 Å². The van der Waals surface area contributed by atoms with Gasteiger partial charge in [-0.2, -0.15) is 10.1 Å². The maximum atomic E-state index is 11.5. The molecule has 2 aromatic heterocycles. The zero-order valence-corrected chi connectivity index (χ0v) is 17.9. The molecule has 8 nitrogen and oxygen atoms in total. The summed E-state index contributed by atoms with van der Waals surface area (Å²) >= 11 is -2.05. The second-order valence-corrected chi connectivity index (χ2v) is 8.00. The van der Waals surface area contributed by atoms with E-state index in [9.17, 15) is 8.76 Å². The number of aromatic nitrogens is 4. The van der Waals surface area contributed by atoms with Gasteiger partial charge in [-0.3, -0.25) is 4.68 Å². The van der Waals surface area contributed by atoms with E-state index < -0.39 is 11.1 Å². The van der Waals surface area contributed by atoms with Crippen molar-refractivity contribution < 1.29 is 8.76 Å². The van der Waals surface area contributed by atoms with Crippen molar-refractivity contribution in [3.8, 4) is 0 Å². The smallest absolute Gasteiger partial charge is 0.229 e. The number of aryl methyl sites for hydroxylation is 3. The van der Waals surface area contributed by atoms with E-state index in [2.05, 4.69) is 26.4 Å². The molecule has 0 aliphatic carbocycles. The number of nitrogens with one attached hydrogen (secondary N) is 1. The molecule has 1 unspecified atom stereocenters. The number of nitrogens with zero attached hydrogens (tertiary/aromatic N) is 5. The van der Waals surface area contributed by atoms with Crippen molar-refractivity contribution in [2.24, 2.45) is 7.05 Å². The van der Waals surface area contributed by atoms with Crippen LogP contribution in [0.2, 0.25) is 0 Å². The third-order valence-corrected chi connectivity index (χ3v) is 5.93. The Morgan fingerprint density at radius 1 is 1.13 bits per heavy atom. The SMILES string of the molecule is Cc1ccc(Nc2nccc(N(C)c3ccc4c(C)n(C)nc4c3)n2)cc1S(=O)O. The fraction of sp³-hybridized carbons (Fsp3) is 0.190. The molecule has 4 rings (SSSR count). The molecular weight excluding hydrogens is 400 g/mol. The molecule has 0 amide bonds. The summed E-state index contributed by atoms with van der Waals surface area (Å²) < 4.78 is 22.8. The van der Waals surface area contributed by atoms with Crippen LogP contribution in [-0.2, 0) is 18.1 Å². The minimum Gasteiger partial charge on any atom is -0.329 e. The molecule has 154 valence electrons. The van der Waals surface area contributed by atoms with Gasteiger partial charge in [0.05, 0.1) is 10.4 Å². The quantitative estimate of drug-likeness (QED) is 0.468. The number of hydrogen-bond acceptors (Lipinski definition) is 6. The van der Waals surface area contributed by atoms with Crippen molar-refractivity contribution in [1.29, 1.82) is 0 Å². The average molecular weight is 423 g/mol. The van der Waals surface area contributed by atoms with Crippen LogP contribution in [0.1, 0.15) is 11.3 Å². The first-order valence-corrected chi connectivity index (χ1v) is 10.4. The minimum absolute atomic E-state index is 0.354. The van der Waals surface area contributed by atoms with E-state index in [1.165, 1.54) is 0 Å². The molecular formula is C21H22N6O2S. The molecule has 2 aromatic carbocycles. The van der Waals surface area contributed by atoms with E-state index in [0.717, 1.165) is 27.8 Å². The minimum atomic E-state index is -2.05. The second-order valence-electron chi connectivity index (χ2n) is 7.06. The van der Waals surface area contributed by atoms with E-state index in [1.54, 1.807) is 25.3 Å². The van der Waals surface area contributed by atoms with Crippen LogP contribution in [0, 0.1) is 13.8 Å². The van der Waals surface area contributed by atoms with Crippen LogP contribution in [0.15, 0.2) is 53.6 Å². The molecule has 0 aliphatic heterocycles. The van der Waals surface area contributed by atoms with Gasteiger partial charge < -0.3 is 14.8 Å². The number of rotatable bonds is 5. The van der Waals surface area contributed by atoms with E-state index in [-0.39, 0.29) is 0 Å². The van der Waals surface area contributed by atoms with Gasteiger partial charge in [0.15, 0.2) is 11.1 Å². The Hall–Kier alpha value is -3.30. The zero-order chi connectivity index (χ0) is 21.4. The molecule has 0 saturated heterocycles. The highest BCUT2D eigenvalue weighted by Crippen LogP contribution is 2.28. The molecule has 0 bridgehead atoms. The van der Waals surface area contributed by atoms with Gasteiger partial charge in [0.25, 0.3) is 0 Å². The topological polar surface area (TPSA) is 96.2 Å². The Balaban J connectivity index is 1.61. The summed E-state index contributed by atoms with van der Waals surface area (Å²) in [5.74, 6) is 1.10. The molecule has 2 heterocycles. The van der Waals surface area contributed by atoms with E-state index in [0.29, 0.717) is 22.3 Å². The molecule has 9 heteroatoms. The van der Waals surface area contributed by atoms with E-state index >= 15 is 0 Å². The summed E-state index contributed by atoms with van der Waals surface area (Å²) in [6, 6.07) is 13.2. The van der Waals surface area contributed by atoms with Gasteiger partial charge in [0.2, 0.25) is 5.95 Å². The standard InChI is InChI=1S/C21H22N6O2S/c1-13-5-6-15(11-19(13)30(28)29)23-21-22-10-9-20(24-21)26(3)16-7-8-17-14(2)27(4)25-18(17)12-16/h5-12H,1-4H3,(H,28,29)(H,22,23,24). The predicted molar refractivity (Wildman–Crippen MR) is 119 cm³/mol. The Bertz CT molecular complexity index is 1270. The molecule has 0 saturated carbocycles. The normalized spacial score (nSPS) is 12.2. The van der Waals surface area contributed by atoms with E-state index in [4.69, 9.17) is 0 Å². The number of anilines is 4. The van der Waals surface area contributed by atoms with Crippen LogP contribution >= 0.6 is 0 Å². The number of fused-ring (bicyclic) bond motifs is 1. The van der Waals surface area contributed by atoms with Crippen LogP contribution in [0.5, 0.6) is 0 Å². The molecule has 4 aromatic rings. The van der Waals surface area contributed by atoms with Crippen molar-refractivity contribution in [2.45, 2.75) is 18.7 Å². The van der Waals surface area contributed by atoms with Gasteiger partial charge in [-0.25, -0.2) is 9.19 Å². The number of hydrogen-bond donors (Lipinski definition) is 2. The van der Waals surface area contributed by atoms with Gasteiger partial charge >= 0.3 is 0 Å². The lowest BCUT2D eigenvalue weighted by Gasteiger charge is -2.19. The maximum absolute atomic E-state index is 11.5. The van der Waals surface area contributed by atoms with Crippen molar-refractivity contribution in [2.75, 3.05) is 17.3 Å². The molecule has 2 N–H and O–H groups in total. The molecule has 1 atom stereocenters. The summed E-state index contributed by atoms with van der Waals surface area (Å²) in [5.41, 5.74) is 4.39. The molecule has 0 radical (unpaired) electrons. The first-order chi connectivity index (χ1) is 14.3. The Morgan fingerprint density at radius 3 is 2.70 bits per heavy atom. The van der Waals surface area contributed by atoms with Gasteiger partial charge in [0, 0.05) is 42.7 Å². The Labute approximate surface area is 176 Å². The van der Waals surface area contributed by atoms with Crippen molar-refractivity contribution in [3.05, 3.63) is 59.9 Å². The van der Waals surface area contributed by atoms with Crippen LogP contribution < -0.4 is 10.2 Å². The summed E-state index contributed by atoms with van der Waals surface area (Å²) in [4.78, 5) is 11.2. The van der Waals surface area contributed by atoms with Gasteiger partial charge in [0.1, 0.15) is 5.82 Å². The fourth-order valence-corrected chi connectivity index (χ4v) is 3.82. The highest BCUT2D eigenvalue weighted by molar-refractivity contribution is 7.79. The van der Waals surface area contributed by atoms with Gasteiger partial charge in [-0.05, 0) is 55.8 Å². The summed E-state index contributed by atoms with van der Waals surface area (Å²) in [5, 5.41) is 8.78. The molecule has 30 heavy (non-hydrogen) atoms. The highest BCUT2D eigenvalue weighted by Gasteiger charge is 2.12. The van der Waals surface area contributed by atoms with Crippen molar-refractivity contribution >= 4 is 45.1 Å². The zero-order valence-electron chi connectivity index (χ0n) is 17.1. The number of benzene rings is 2.